The third-order valence-corrected chi connectivity index (χ3v) is 3.69. The molecule has 1 aliphatic rings. The average molecular weight is 253 g/mol. The van der Waals surface area contributed by atoms with Gasteiger partial charge in [-0.3, -0.25) is 0 Å². The summed E-state index contributed by atoms with van der Waals surface area (Å²) in [6.07, 6.45) is 0.0931. The molecule has 19 heavy (non-hydrogen) atoms. The molecule has 0 aliphatic carbocycles. The maximum atomic E-state index is 6.16. The lowest BCUT2D eigenvalue weighted by atomic mass is 9.95. The predicted octanol–water partition coefficient (Wildman–Crippen LogP) is 4.16. The minimum atomic E-state index is 0.0931. The number of hydrogen-bond donors (Lipinski definition) is 1. The van der Waals surface area contributed by atoms with E-state index in [2.05, 4.69) is 44.3 Å². The molecule has 1 atom stereocenters. The van der Waals surface area contributed by atoms with Crippen LogP contribution in [0.4, 0.5) is 5.69 Å². The number of rotatable bonds is 1. The molecule has 1 aliphatic heterocycles. The monoisotopic (exact) mass is 253 g/mol. The van der Waals surface area contributed by atoms with Crippen LogP contribution in [-0.4, -0.2) is 6.54 Å². The Kier molecular flexibility index (Phi) is 2.94. The Balaban J connectivity index is 1.98. The van der Waals surface area contributed by atoms with Crippen molar-refractivity contribution in [1.82, 2.24) is 0 Å². The van der Waals surface area contributed by atoms with E-state index in [1.54, 1.807) is 0 Å². The number of benzene rings is 2. The quantitative estimate of drug-likeness (QED) is 0.824. The fourth-order valence-electron chi connectivity index (χ4n) is 2.97. The van der Waals surface area contributed by atoms with Gasteiger partial charge in [0.25, 0.3) is 0 Å². The van der Waals surface area contributed by atoms with Crippen LogP contribution in [0.3, 0.4) is 0 Å². The fourth-order valence-corrected chi connectivity index (χ4v) is 2.97. The van der Waals surface area contributed by atoms with Crippen molar-refractivity contribution in [3.05, 3.63) is 58.7 Å². The lowest BCUT2D eigenvalue weighted by Crippen LogP contribution is -2.25. The molecule has 3 rings (SSSR count). The molecule has 0 radical (unpaired) electrons. The van der Waals surface area contributed by atoms with Crippen LogP contribution >= 0.6 is 0 Å². The van der Waals surface area contributed by atoms with Crippen LogP contribution in [0.25, 0.3) is 0 Å². The maximum Gasteiger partial charge on any atom is 0.143 e. The molecule has 2 aromatic rings. The molecule has 0 fully saturated rings. The SMILES string of the molecule is Cc1cc(C)c(C2CNc3ccccc3O2)c(C)c1. The van der Waals surface area contributed by atoms with E-state index in [0.29, 0.717) is 0 Å². The largest absolute Gasteiger partial charge is 0.482 e. The summed E-state index contributed by atoms with van der Waals surface area (Å²) in [4.78, 5) is 0. The van der Waals surface area contributed by atoms with Gasteiger partial charge in [-0.2, -0.15) is 0 Å². The zero-order valence-electron chi connectivity index (χ0n) is 11.7. The van der Waals surface area contributed by atoms with Crippen LogP contribution in [0.5, 0.6) is 5.75 Å². The second-order valence-electron chi connectivity index (χ2n) is 5.30. The van der Waals surface area contributed by atoms with Crippen molar-refractivity contribution in [3.8, 4) is 5.75 Å². The van der Waals surface area contributed by atoms with Crippen molar-refractivity contribution < 1.29 is 4.74 Å². The van der Waals surface area contributed by atoms with Gasteiger partial charge in [-0.15, -0.1) is 0 Å². The highest BCUT2D eigenvalue weighted by Crippen LogP contribution is 2.36. The molecule has 1 heterocycles. The molecule has 2 nitrogen and oxygen atoms in total. The summed E-state index contributed by atoms with van der Waals surface area (Å²) in [5.41, 5.74) is 6.32. The number of nitrogens with one attached hydrogen (secondary N) is 1. The summed E-state index contributed by atoms with van der Waals surface area (Å²) >= 11 is 0. The molecule has 1 N–H and O–H groups in total. The predicted molar refractivity (Wildman–Crippen MR) is 79.0 cm³/mol. The minimum absolute atomic E-state index is 0.0931. The normalized spacial score (nSPS) is 17.3. The molecule has 0 saturated heterocycles. The first kappa shape index (κ1) is 12.1. The molecular weight excluding hydrogens is 234 g/mol. The summed E-state index contributed by atoms with van der Waals surface area (Å²) in [5.74, 6) is 0.943. The molecule has 0 bridgehead atoms. The van der Waals surface area contributed by atoms with E-state index < -0.39 is 0 Å². The van der Waals surface area contributed by atoms with Crippen LogP contribution in [0.15, 0.2) is 36.4 Å². The summed E-state index contributed by atoms with van der Waals surface area (Å²) in [6, 6.07) is 12.6. The van der Waals surface area contributed by atoms with E-state index in [4.69, 9.17) is 4.74 Å². The van der Waals surface area contributed by atoms with Gasteiger partial charge in [-0.25, -0.2) is 0 Å². The third kappa shape index (κ3) is 2.19. The molecule has 0 amide bonds. The van der Waals surface area contributed by atoms with E-state index in [1.165, 1.54) is 22.3 Å². The van der Waals surface area contributed by atoms with Gasteiger partial charge >= 0.3 is 0 Å². The van der Waals surface area contributed by atoms with Gasteiger partial charge in [0.15, 0.2) is 0 Å². The van der Waals surface area contributed by atoms with E-state index in [1.807, 2.05) is 18.2 Å². The first-order chi connectivity index (χ1) is 9.15. The molecule has 0 spiro atoms. The zero-order chi connectivity index (χ0) is 13.4. The Morgan fingerprint density at radius 1 is 1.05 bits per heavy atom. The first-order valence-corrected chi connectivity index (χ1v) is 6.72. The zero-order valence-corrected chi connectivity index (χ0v) is 11.7. The van der Waals surface area contributed by atoms with Crippen LogP contribution < -0.4 is 10.1 Å². The Labute approximate surface area is 114 Å². The van der Waals surface area contributed by atoms with Crippen molar-refractivity contribution in [1.29, 1.82) is 0 Å². The lowest BCUT2D eigenvalue weighted by Gasteiger charge is -2.29. The van der Waals surface area contributed by atoms with Gasteiger partial charge in [0.1, 0.15) is 11.9 Å². The maximum absolute atomic E-state index is 6.16. The van der Waals surface area contributed by atoms with Gasteiger partial charge in [-0.1, -0.05) is 29.8 Å². The van der Waals surface area contributed by atoms with Crippen molar-refractivity contribution >= 4 is 5.69 Å². The van der Waals surface area contributed by atoms with Crippen LogP contribution in [-0.2, 0) is 0 Å². The van der Waals surface area contributed by atoms with Gasteiger partial charge in [0.05, 0.1) is 12.2 Å². The second kappa shape index (κ2) is 4.61. The third-order valence-electron chi connectivity index (χ3n) is 3.69. The van der Waals surface area contributed by atoms with Crippen molar-refractivity contribution in [2.45, 2.75) is 26.9 Å². The van der Waals surface area contributed by atoms with Gasteiger partial charge in [-0.05, 0) is 49.6 Å². The summed E-state index contributed by atoms with van der Waals surface area (Å²) in [7, 11) is 0. The highest BCUT2D eigenvalue weighted by Gasteiger charge is 2.23. The van der Waals surface area contributed by atoms with E-state index >= 15 is 0 Å². The topological polar surface area (TPSA) is 21.3 Å². The Morgan fingerprint density at radius 3 is 2.47 bits per heavy atom. The van der Waals surface area contributed by atoms with E-state index in [9.17, 15) is 0 Å². The van der Waals surface area contributed by atoms with Crippen LogP contribution in [0.1, 0.15) is 28.4 Å². The highest BCUT2D eigenvalue weighted by atomic mass is 16.5. The van der Waals surface area contributed by atoms with Gasteiger partial charge in [0, 0.05) is 0 Å². The lowest BCUT2D eigenvalue weighted by molar-refractivity contribution is 0.209. The Morgan fingerprint density at radius 2 is 1.74 bits per heavy atom. The molecule has 0 aromatic heterocycles. The Bertz CT molecular complexity index is 595. The molecule has 98 valence electrons. The van der Waals surface area contributed by atoms with Crippen LogP contribution in [0, 0.1) is 20.8 Å². The molecular formula is C17H19NO. The highest BCUT2D eigenvalue weighted by molar-refractivity contribution is 5.58. The van der Waals surface area contributed by atoms with Crippen molar-refractivity contribution in [2.24, 2.45) is 0 Å². The number of para-hydroxylation sites is 2. The molecule has 2 aromatic carbocycles. The minimum Gasteiger partial charge on any atom is -0.482 e. The van der Waals surface area contributed by atoms with Crippen molar-refractivity contribution in [3.63, 3.8) is 0 Å². The Hall–Kier alpha value is -1.96. The molecule has 2 heteroatoms. The second-order valence-corrected chi connectivity index (χ2v) is 5.30. The van der Waals surface area contributed by atoms with Crippen LogP contribution in [0.2, 0.25) is 0 Å². The van der Waals surface area contributed by atoms with Crippen molar-refractivity contribution in [2.75, 3.05) is 11.9 Å². The van der Waals surface area contributed by atoms with Gasteiger partial charge in [0.2, 0.25) is 0 Å². The van der Waals surface area contributed by atoms with E-state index in [-0.39, 0.29) is 6.10 Å². The van der Waals surface area contributed by atoms with Gasteiger partial charge < -0.3 is 10.1 Å². The first-order valence-electron chi connectivity index (χ1n) is 6.72. The average Bonchev–Trinajstić information content (AvgIpc) is 2.37. The number of hydrogen-bond acceptors (Lipinski definition) is 2. The standard InChI is InChI=1S/C17H19NO/c1-11-8-12(2)17(13(3)9-11)16-10-18-14-6-4-5-7-15(14)19-16/h4-9,16,18H,10H2,1-3H3. The summed E-state index contributed by atoms with van der Waals surface area (Å²) < 4.78 is 6.16. The van der Waals surface area contributed by atoms with E-state index in [0.717, 1.165) is 18.0 Å². The number of ether oxygens (including phenoxy) is 1. The smallest absolute Gasteiger partial charge is 0.143 e. The summed E-state index contributed by atoms with van der Waals surface area (Å²) in [5, 5.41) is 3.46. The number of fused-ring (bicyclic) bond motifs is 1. The number of anilines is 1. The summed E-state index contributed by atoms with van der Waals surface area (Å²) in [6.45, 7) is 7.29. The molecule has 1 unspecified atom stereocenters. The fraction of sp³-hybridized carbons (Fsp3) is 0.294. The molecule has 0 saturated carbocycles. The number of aryl methyl sites for hydroxylation is 3.